The van der Waals surface area contributed by atoms with Crippen LogP contribution in [-0.2, 0) is 22.4 Å². The summed E-state index contributed by atoms with van der Waals surface area (Å²) < 4.78 is 33.9. The van der Waals surface area contributed by atoms with Gasteiger partial charge in [-0.15, -0.1) is 0 Å². The van der Waals surface area contributed by atoms with E-state index >= 15 is 0 Å². The van der Waals surface area contributed by atoms with Crippen molar-refractivity contribution in [2.24, 2.45) is 0 Å². The molecule has 0 N–H and O–H groups in total. The van der Waals surface area contributed by atoms with Gasteiger partial charge in [-0.3, -0.25) is 4.79 Å². The summed E-state index contributed by atoms with van der Waals surface area (Å²) in [4.78, 5) is 11.5. The van der Waals surface area contributed by atoms with E-state index in [0.717, 1.165) is 0 Å². The maximum atomic E-state index is 12.4. The Morgan fingerprint density at radius 3 is 2.60 bits per heavy atom. The zero-order valence-corrected chi connectivity index (χ0v) is 11.3. The van der Waals surface area contributed by atoms with E-state index in [2.05, 4.69) is 4.74 Å². The van der Waals surface area contributed by atoms with Crippen LogP contribution in [0.25, 0.3) is 0 Å². The number of aryl methyl sites for hydroxylation is 1. The fourth-order valence-electron chi connectivity index (χ4n) is 1.76. The predicted octanol–water partition coefficient (Wildman–Crippen LogP) is 2.83. The normalized spacial score (nSPS) is 10.2. The Morgan fingerprint density at radius 1 is 1.40 bits per heavy atom. The van der Waals surface area contributed by atoms with E-state index in [0.29, 0.717) is 17.5 Å². The molecule has 0 aromatic heterocycles. The van der Waals surface area contributed by atoms with E-state index < -0.39 is 12.6 Å². The lowest BCUT2D eigenvalue weighted by atomic mass is 9.99. The topological polar surface area (TPSA) is 59.3 Å². The second-order valence-corrected chi connectivity index (χ2v) is 3.95. The van der Waals surface area contributed by atoms with Gasteiger partial charge in [0, 0.05) is 0 Å². The summed E-state index contributed by atoms with van der Waals surface area (Å²) in [5.41, 5.74) is 0.982. The van der Waals surface area contributed by atoms with Crippen LogP contribution in [0.1, 0.15) is 30.5 Å². The number of esters is 1. The minimum absolute atomic E-state index is 0.0597. The van der Waals surface area contributed by atoms with E-state index in [-0.39, 0.29) is 24.3 Å². The van der Waals surface area contributed by atoms with Crippen molar-refractivity contribution in [1.82, 2.24) is 0 Å². The number of ether oxygens (including phenoxy) is 2. The van der Waals surface area contributed by atoms with Crippen molar-refractivity contribution >= 4 is 5.97 Å². The molecule has 0 fully saturated rings. The highest BCUT2D eigenvalue weighted by Crippen LogP contribution is 2.27. The Morgan fingerprint density at radius 2 is 2.10 bits per heavy atom. The summed E-state index contributed by atoms with van der Waals surface area (Å²) in [5, 5.41) is 9.09. The van der Waals surface area contributed by atoms with Crippen molar-refractivity contribution in [3.05, 3.63) is 28.8 Å². The summed E-state index contributed by atoms with van der Waals surface area (Å²) in [7, 11) is 0. The molecular weight excluding hydrogens is 268 g/mol. The summed E-state index contributed by atoms with van der Waals surface area (Å²) in [6, 6.07) is 4.82. The number of carbonyl (C=O) groups is 1. The van der Waals surface area contributed by atoms with Crippen LogP contribution in [0.2, 0.25) is 0 Å². The molecule has 1 aromatic rings. The van der Waals surface area contributed by atoms with E-state index in [4.69, 9.17) is 10.00 Å². The third-order valence-electron chi connectivity index (χ3n) is 2.62. The molecule has 20 heavy (non-hydrogen) atoms. The molecule has 0 heterocycles. The van der Waals surface area contributed by atoms with Gasteiger partial charge in [0.15, 0.2) is 0 Å². The summed E-state index contributed by atoms with van der Waals surface area (Å²) in [5.74, 6) is -0.721. The van der Waals surface area contributed by atoms with Gasteiger partial charge in [-0.1, -0.05) is 13.0 Å². The zero-order chi connectivity index (χ0) is 15.1. The molecule has 0 radical (unpaired) electrons. The van der Waals surface area contributed by atoms with Crippen molar-refractivity contribution in [3.63, 3.8) is 0 Å². The molecule has 0 saturated heterocycles. The first kappa shape index (κ1) is 15.9. The lowest BCUT2D eigenvalue weighted by molar-refractivity contribution is -0.142. The molecule has 108 valence electrons. The van der Waals surface area contributed by atoms with Crippen LogP contribution in [0.15, 0.2) is 12.1 Å². The van der Waals surface area contributed by atoms with Crippen LogP contribution in [0.3, 0.4) is 0 Å². The molecule has 1 rings (SSSR count). The number of carbonyl (C=O) groups excluding carboxylic acids is 1. The van der Waals surface area contributed by atoms with Crippen LogP contribution in [-0.4, -0.2) is 19.2 Å². The third-order valence-corrected chi connectivity index (χ3v) is 2.62. The van der Waals surface area contributed by atoms with Gasteiger partial charge in [0.05, 0.1) is 18.6 Å². The standard InChI is InChI=1S/C14H15F2NO3/c1-3-9-5-10(7-13(18)19-4-2)11(8-17)12(6-9)20-14(15)16/h5-6,14H,3-4,7H2,1-2H3. The molecule has 0 amide bonds. The molecule has 4 nitrogen and oxygen atoms in total. The number of hydrogen-bond acceptors (Lipinski definition) is 4. The average molecular weight is 283 g/mol. The summed E-state index contributed by atoms with van der Waals surface area (Å²) >= 11 is 0. The lowest BCUT2D eigenvalue weighted by Crippen LogP contribution is -2.11. The SMILES string of the molecule is CCOC(=O)Cc1cc(CC)cc(OC(F)F)c1C#N. The summed E-state index contributed by atoms with van der Waals surface area (Å²) in [6.07, 6.45) is 0.422. The highest BCUT2D eigenvalue weighted by Gasteiger charge is 2.17. The molecular formula is C14H15F2NO3. The number of alkyl halides is 2. The Bertz CT molecular complexity index is 524. The zero-order valence-electron chi connectivity index (χ0n) is 11.3. The Balaban J connectivity index is 3.19. The maximum Gasteiger partial charge on any atom is 0.387 e. The van der Waals surface area contributed by atoms with Crippen molar-refractivity contribution in [3.8, 4) is 11.8 Å². The number of nitrogens with zero attached hydrogens (tertiary/aromatic N) is 1. The van der Waals surface area contributed by atoms with E-state index in [1.54, 1.807) is 19.1 Å². The van der Waals surface area contributed by atoms with Gasteiger partial charge in [-0.2, -0.15) is 14.0 Å². The van der Waals surface area contributed by atoms with Crippen molar-refractivity contribution in [2.45, 2.75) is 33.3 Å². The van der Waals surface area contributed by atoms with Gasteiger partial charge >= 0.3 is 12.6 Å². The first-order valence-electron chi connectivity index (χ1n) is 6.18. The first-order valence-corrected chi connectivity index (χ1v) is 6.18. The molecule has 0 aliphatic heterocycles. The van der Waals surface area contributed by atoms with E-state index in [1.807, 2.05) is 6.92 Å². The smallest absolute Gasteiger partial charge is 0.387 e. The van der Waals surface area contributed by atoms with Gasteiger partial charge in [0.1, 0.15) is 11.8 Å². The molecule has 0 saturated carbocycles. The fourth-order valence-corrected chi connectivity index (χ4v) is 1.76. The maximum absolute atomic E-state index is 12.4. The molecule has 0 bridgehead atoms. The number of hydrogen-bond donors (Lipinski definition) is 0. The number of rotatable bonds is 6. The van der Waals surface area contributed by atoms with Gasteiger partial charge in [0.25, 0.3) is 0 Å². The molecule has 6 heteroatoms. The minimum atomic E-state index is -3.02. The van der Waals surface area contributed by atoms with Crippen LogP contribution in [0, 0.1) is 11.3 Å². The Kier molecular flexibility index (Phi) is 5.91. The second kappa shape index (κ2) is 7.43. The highest BCUT2D eigenvalue weighted by atomic mass is 19.3. The monoisotopic (exact) mass is 283 g/mol. The van der Waals surface area contributed by atoms with Crippen LogP contribution in [0.4, 0.5) is 8.78 Å². The molecule has 1 aromatic carbocycles. The number of benzene rings is 1. The van der Waals surface area contributed by atoms with Crippen LogP contribution >= 0.6 is 0 Å². The van der Waals surface area contributed by atoms with Gasteiger partial charge < -0.3 is 9.47 Å². The lowest BCUT2D eigenvalue weighted by Gasteiger charge is -2.12. The fraction of sp³-hybridized carbons (Fsp3) is 0.429. The van der Waals surface area contributed by atoms with E-state index in [9.17, 15) is 13.6 Å². The Labute approximate surface area is 115 Å². The molecule has 0 unspecified atom stereocenters. The molecule has 0 aliphatic carbocycles. The largest absolute Gasteiger partial charge is 0.466 e. The van der Waals surface area contributed by atoms with Crippen molar-refractivity contribution in [1.29, 1.82) is 5.26 Å². The van der Waals surface area contributed by atoms with Crippen molar-refractivity contribution in [2.75, 3.05) is 6.61 Å². The van der Waals surface area contributed by atoms with Gasteiger partial charge in [0.2, 0.25) is 0 Å². The number of nitriles is 1. The second-order valence-electron chi connectivity index (χ2n) is 3.95. The highest BCUT2D eigenvalue weighted by molar-refractivity contribution is 5.74. The molecule has 0 spiro atoms. The van der Waals surface area contributed by atoms with Crippen LogP contribution in [0.5, 0.6) is 5.75 Å². The third kappa shape index (κ3) is 4.19. The minimum Gasteiger partial charge on any atom is -0.466 e. The number of halogens is 2. The first-order chi connectivity index (χ1) is 9.51. The van der Waals surface area contributed by atoms with Gasteiger partial charge in [-0.05, 0) is 30.5 Å². The summed E-state index contributed by atoms with van der Waals surface area (Å²) in [6.45, 7) is 0.692. The average Bonchev–Trinajstić information content (AvgIpc) is 2.37. The van der Waals surface area contributed by atoms with Crippen molar-refractivity contribution < 1.29 is 23.0 Å². The molecule has 0 atom stereocenters. The predicted molar refractivity (Wildman–Crippen MR) is 67.5 cm³/mol. The van der Waals surface area contributed by atoms with E-state index in [1.165, 1.54) is 6.07 Å². The van der Waals surface area contributed by atoms with Crippen LogP contribution < -0.4 is 4.74 Å². The quantitative estimate of drug-likeness (QED) is 0.753. The van der Waals surface area contributed by atoms with Gasteiger partial charge in [-0.25, -0.2) is 0 Å². The molecule has 0 aliphatic rings. The Hall–Kier alpha value is -2.16.